The Morgan fingerprint density at radius 1 is 1.19 bits per heavy atom. The molecule has 1 N–H and O–H groups in total. The number of imidazole rings is 1. The van der Waals surface area contributed by atoms with Crippen molar-refractivity contribution in [3.05, 3.63) is 58.4 Å². The molecule has 2 saturated heterocycles. The molecule has 2 fully saturated rings. The Morgan fingerprint density at radius 3 is 2.91 bits per heavy atom. The third kappa shape index (κ3) is 3.39. The van der Waals surface area contributed by atoms with Gasteiger partial charge in [0.15, 0.2) is 17.0 Å². The summed E-state index contributed by atoms with van der Waals surface area (Å²) in [6.45, 7) is 6.03. The van der Waals surface area contributed by atoms with Crippen LogP contribution in [0.5, 0.6) is 0 Å². The lowest BCUT2D eigenvalue weighted by molar-refractivity contribution is 0.0832. The van der Waals surface area contributed by atoms with Crippen LogP contribution < -0.4 is 5.56 Å². The van der Waals surface area contributed by atoms with Crippen molar-refractivity contribution in [1.29, 1.82) is 0 Å². The zero-order chi connectivity index (χ0) is 21.7. The van der Waals surface area contributed by atoms with Gasteiger partial charge in [-0.15, -0.1) is 5.10 Å². The number of hydrogen-bond acceptors (Lipinski definition) is 7. The van der Waals surface area contributed by atoms with Crippen molar-refractivity contribution >= 4 is 11.2 Å². The molecule has 32 heavy (non-hydrogen) atoms. The van der Waals surface area contributed by atoms with Crippen LogP contribution in [-0.2, 0) is 11.3 Å². The van der Waals surface area contributed by atoms with Gasteiger partial charge in [0.05, 0.1) is 12.7 Å². The number of nitrogens with one attached hydrogen (secondary N) is 1. The zero-order valence-corrected chi connectivity index (χ0v) is 18.0. The number of likely N-dealkylation sites (tertiary alicyclic amines) is 1. The summed E-state index contributed by atoms with van der Waals surface area (Å²) >= 11 is 0. The molecular formula is C22H26N8O2. The van der Waals surface area contributed by atoms with Crippen molar-refractivity contribution in [2.45, 2.75) is 38.1 Å². The van der Waals surface area contributed by atoms with E-state index in [9.17, 15) is 4.79 Å². The first-order valence-electron chi connectivity index (χ1n) is 11.2. The Balaban J connectivity index is 1.27. The fourth-order valence-electron chi connectivity index (χ4n) is 5.03. The van der Waals surface area contributed by atoms with Gasteiger partial charge in [-0.1, -0.05) is 13.0 Å². The van der Waals surface area contributed by atoms with Crippen LogP contribution in [-0.4, -0.2) is 65.4 Å². The smallest absolute Gasteiger partial charge is 0.276 e. The van der Waals surface area contributed by atoms with E-state index in [2.05, 4.69) is 31.9 Å². The Morgan fingerprint density at radius 2 is 2.06 bits per heavy atom. The normalized spacial score (nSPS) is 22.9. The van der Waals surface area contributed by atoms with Crippen molar-refractivity contribution in [3.63, 3.8) is 0 Å². The van der Waals surface area contributed by atoms with Crippen LogP contribution in [0.15, 0.2) is 35.4 Å². The minimum absolute atomic E-state index is 0.131. The highest BCUT2D eigenvalue weighted by Gasteiger charge is 2.34. The second-order valence-electron chi connectivity index (χ2n) is 8.95. The predicted molar refractivity (Wildman–Crippen MR) is 117 cm³/mol. The number of fused-ring (bicyclic) bond motifs is 2. The predicted octanol–water partition coefficient (Wildman–Crippen LogP) is 1.59. The standard InChI is InChI=1S/C22H26N8O2/c1-14-11-28(13-18-24-19-4-2-3-7-29(19)26-18)12-16(14)20-25-22(31)17-10-23-21(30(17)27-20)15-5-8-32-9-6-15/h2-4,7,10,14-16H,5-6,8-9,11-13H2,1H3,(H,25,27,31). The molecule has 0 radical (unpaired) electrons. The van der Waals surface area contributed by atoms with Crippen LogP contribution >= 0.6 is 0 Å². The largest absolute Gasteiger partial charge is 0.381 e. The van der Waals surface area contributed by atoms with Crippen LogP contribution in [0.3, 0.4) is 0 Å². The molecule has 4 aromatic heterocycles. The number of hydrogen-bond donors (Lipinski definition) is 1. The molecule has 6 rings (SSSR count). The van der Waals surface area contributed by atoms with Crippen molar-refractivity contribution in [2.24, 2.45) is 5.92 Å². The zero-order valence-electron chi connectivity index (χ0n) is 18.0. The summed E-state index contributed by atoms with van der Waals surface area (Å²) in [7, 11) is 0. The maximum Gasteiger partial charge on any atom is 0.276 e. The van der Waals surface area contributed by atoms with Crippen LogP contribution in [0, 0.1) is 5.92 Å². The molecule has 0 aromatic carbocycles. The highest BCUT2D eigenvalue weighted by molar-refractivity contribution is 5.42. The SMILES string of the molecule is CC1CN(Cc2nc3ccccn3n2)CC1c1nn2c(C3CCOCC3)ncc2c(=O)[nH]1. The van der Waals surface area contributed by atoms with Gasteiger partial charge in [0.1, 0.15) is 11.6 Å². The summed E-state index contributed by atoms with van der Waals surface area (Å²) in [5, 5.41) is 9.45. The number of pyridine rings is 1. The maximum atomic E-state index is 12.8. The van der Waals surface area contributed by atoms with Crippen LogP contribution in [0.25, 0.3) is 11.2 Å². The van der Waals surface area contributed by atoms with Gasteiger partial charge in [0, 0.05) is 44.3 Å². The molecule has 10 heteroatoms. The van der Waals surface area contributed by atoms with Gasteiger partial charge < -0.3 is 9.72 Å². The van der Waals surface area contributed by atoms with E-state index < -0.39 is 0 Å². The summed E-state index contributed by atoms with van der Waals surface area (Å²) in [6, 6.07) is 5.86. The summed E-state index contributed by atoms with van der Waals surface area (Å²) in [4.78, 5) is 27.4. The van der Waals surface area contributed by atoms with Gasteiger partial charge in [-0.25, -0.2) is 19.0 Å². The lowest BCUT2D eigenvalue weighted by Crippen LogP contribution is -2.24. The topological polar surface area (TPSA) is 106 Å². The molecule has 0 saturated carbocycles. The fraction of sp³-hybridized carbons (Fsp3) is 0.500. The van der Waals surface area contributed by atoms with Gasteiger partial charge in [-0.3, -0.25) is 9.69 Å². The number of rotatable bonds is 4. The molecular weight excluding hydrogens is 408 g/mol. The fourth-order valence-corrected chi connectivity index (χ4v) is 5.03. The van der Waals surface area contributed by atoms with Gasteiger partial charge in [-0.05, 0) is 30.9 Å². The quantitative estimate of drug-likeness (QED) is 0.520. The second-order valence-corrected chi connectivity index (χ2v) is 8.95. The number of aromatic nitrogens is 7. The monoisotopic (exact) mass is 434 g/mol. The van der Waals surface area contributed by atoms with Gasteiger partial charge in [0.2, 0.25) is 0 Å². The average molecular weight is 435 g/mol. The van der Waals surface area contributed by atoms with Crippen molar-refractivity contribution < 1.29 is 4.74 Å². The first-order valence-corrected chi connectivity index (χ1v) is 11.2. The van der Waals surface area contributed by atoms with Crippen molar-refractivity contribution in [2.75, 3.05) is 26.3 Å². The second kappa shape index (κ2) is 7.79. The van der Waals surface area contributed by atoms with Crippen LogP contribution in [0.4, 0.5) is 0 Å². The third-order valence-electron chi connectivity index (χ3n) is 6.72. The number of ether oxygens (including phenoxy) is 1. The average Bonchev–Trinajstić information content (AvgIpc) is 3.50. The van der Waals surface area contributed by atoms with E-state index in [0.717, 1.165) is 62.3 Å². The molecule has 2 aliphatic heterocycles. The molecule has 4 aromatic rings. The molecule has 2 unspecified atom stereocenters. The Hall–Kier alpha value is -3.11. The molecule has 0 bridgehead atoms. The highest BCUT2D eigenvalue weighted by atomic mass is 16.5. The van der Waals surface area contributed by atoms with Crippen molar-refractivity contribution in [3.8, 4) is 0 Å². The molecule has 6 heterocycles. The Labute approximate surface area is 184 Å². The summed E-state index contributed by atoms with van der Waals surface area (Å²) in [6.07, 6.45) is 5.36. The highest BCUT2D eigenvalue weighted by Crippen LogP contribution is 2.31. The lowest BCUT2D eigenvalue weighted by atomic mass is 9.97. The number of H-pyrrole nitrogens is 1. The Kier molecular flexibility index (Phi) is 4.76. The number of aromatic amines is 1. The molecule has 10 nitrogen and oxygen atoms in total. The van der Waals surface area contributed by atoms with E-state index >= 15 is 0 Å². The molecule has 2 aliphatic rings. The Bertz CT molecular complexity index is 1290. The van der Waals surface area contributed by atoms with E-state index in [-0.39, 0.29) is 17.4 Å². The minimum Gasteiger partial charge on any atom is -0.381 e. The minimum atomic E-state index is -0.131. The molecule has 2 atom stereocenters. The van der Waals surface area contributed by atoms with Crippen LogP contribution in [0.1, 0.15) is 49.1 Å². The summed E-state index contributed by atoms with van der Waals surface area (Å²) in [5.74, 6) is 3.15. The molecule has 0 aliphatic carbocycles. The van der Waals surface area contributed by atoms with E-state index in [1.54, 1.807) is 15.2 Å². The first-order chi connectivity index (χ1) is 15.7. The van der Waals surface area contributed by atoms with E-state index in [0.29, 0.717) is 18.0 Å². The molecule has 166 valence electrons. The lowest BCUT2D eigenvalue weighted by Gasteiger charge is -2.21. The third-order valence-corrected chi connectivity index (χ3v) is 6.72. The number of nitrogens with zero attached hydrogens (tertiary/aromatic N) is 7. The van der Waals surface area contributed by atoms with Crippen LogP contribution in [0.2, 0.25) is 0 Å². The van der Waals surface area contributed by atoms with Crippen molar-refractivity contribution in [1.82, 2.24) is 39.1 Å². The van der Waals surface area contributed by atoms with E-state index in [1.165, 1.54) is 0 Å². The summed E-state index contributed by atoms with van der Waals surface area (Å²) in [5.41, 5.74) is 1.23. The van der Waals surface area contributed by atoms with E-state index in [1.807, 2.05) is 24.4 Å². The van der Waals surface area contributed by atoms with Gasteiger partial charge in [-0.2, -0.15) is 5.10 Å². The van der Waals surface area contributed by atoms with Gasteiger partial charge in [0.25, 0.3) is 5.56 Å². The molecule has 0 amide bonds. The maximum absolute atomic E-state index is 12.8. The first kappa shape index (κ1) is 19.6. The summed E-state index contributed by atoms with van der Waals surface area (Å²) < 4.78 is 9.06. The van der Waals surface area contributed by atoms with E-state index in [4.69, 9.17) is 9.84 Å². The molecule has 0 spiro atoms. The van der Waals surface area contributed by atoms with Gasteiger partial charge >= 0.3 is 0 Å².